The van der Waals surface area contributed by atoms with Crippen LogP contribution in [0.1, 0.15) is 32.6 Å². The predicted octanol–water partition coefficient (Wildman–Crippen LogP) is 3.08. The molecule has 0 saturated heterocycles. The number of allylic oxidation sites excluding steroid dienone is 2. The number of hydrogen-bond acceptors (Lipinski definition) is 1. The van der Waals surface area contributed by atoms with Gasteiger partial charge in [-0.2, -0.15) is 0 Å². The third-order valence-electron chi connectivity index (χ3n) is 2.07. The van der Waals surface area contributed by atoms with Crippen molar-refractivity contribution in [2.24, 2.45) is 0 Å². The fourth-order valence-corrected chi connectivity index (χ4v) is 1.33. The van der Waals surface area contributed by atoms with E-state index in [4.69, 9.17) is 4.74 Å². The molecule has 68 valence electrons. The minimum atomic E-state index is 0.353. The van der Waals surface area contributed by atoms with E-state index in [-0.39, 0.29) is 0 Å². The minimum Gasteiger partial charge on any atom is -0.370 e. The minimum absolute atomic E-state index is 0.353. The van der Waals surface area contributed by atoms with E-state index >= 15 is 0 Å². The van der Waals surface area contributed by atoms with E-state index in [9.17, 15) is 0 Å². The highest BCUT2D eigenvalue weighted by Crippen LogP contribution is 2.09. The molecule has 1 rings (SSSR count). The summed E-state index contributed by atoms with van der Waals surface area (Å²) in [5, 5.41) is 0. The lowest BCUT2D eigenvalue weighted by molar-refractivity contribution is 0.102. The van der Waals surface area contributed by atoms with Crippen molar-refractivity contribution in [1.29, 1.82) is 0 Å². The van der Waals surface area contributed by atoms with Gasteiger partial charge in [0.15, 0.2) is 0 Å². The largest absolute Gasteiger partial charge is 0.370 e. The topological polar surface area (TPSA) is 9.23 Å². The fraction of sp³-hybridized carbons (Fsp3) is 0.636. The zero-order valence-electron chi connectivity index (χ0n) is 7.83. The van der Waals surface area contributed by atoms with Gasteiger partial charge in [0.25, 0.3) is 0 Å². The number of unbranched alkanes of at least 4 members (excludes halogenated alkanes) is 2. The van der Waals surface area contributed by atoms with Crippen LogP contribution in [0.15, 0.2) is 24.3 Å². The molecule has 1 atom stereocenters. The second-order valence-electron chi connectivity index (χ2n) is 3.18. The van der Waals surface area contributed by atoms with Gasteiger partial charge in [-0.3, -0.25) is 0 Å². The maximum atomic E-state index is 5.58. The van der Waals surface area contributed by atoms with Gasteiger partial charge in [0.1, 0.15) is 0 Å². The Morgan fingerprint density at radius 2 is 2.25 bits per heavy atom. The Labute approximate surface area is 75.1 Å². The van der Waals surface area contributed by atoms with Crippen molar-refractivity contribution < 1.29 is 4.74 Å². The Balaban J connectivity index is 2.14. The molecule has 0 radical (unpaired) electrons. The molecule has 1 unspecified atom stereocenters. The average Bonchev–Trinajstić information content (AvgIpc) is 2.33. The predicted molar refractivity (Wildman–Crippen MR) is 52.2 cm³/mol. The second kappa shape index (κ2) is 6.01. The van der Waals surface area contributed by atoms with Crippen molar-refractivity contribution in [3.63, 3.8) is 0 Å². The van der Waals surface area contributed by atoms with Gasteiger partial charge in [-0.25, -0.2) is 0 Å². The van der Waals surface area contributed by atoms with Gasteiger partial charge < -0.3 is 4.74 Å². The second-order valence-corrected chi connectivity index (χ2v) is 3.18. The first-order valence-corrected chi connectivity index (χ1v) is 4.88. The molecule has 0 aromatic heterocycles. The zero-order chi connectivity index (χ0) is 8.65. The third-order valence-corrected chi connectivity index (χ3v) is 2.07. The molecule has 1 heteroatoms. The summed E-state index contributed by atoms with van der Waals surface area (Å²) in [6.07, 6.45) is 13.8. The first-order chi connectivity index (χ1) is 5.93. The molecular formula is C11H18O. The van der Waals surface area contributed by atoms with E-state index in [2.05, 4.69) is 31.2 Å². The van der Waals surface area contributed by atoms with Crippen LogP contribution in [0.4, 0.5) is 0 Å². The van der Waals surface area contributed by atoms with E-state index in [1.54, 1.807) is 0 Å². The van der Waals surface area contributed by atoms with Crippen LogP contribution in [-0.4, -0.2) is 12.7 Å². The molecule has 0 N–H and O–H groups in total. The molecule has 0 aromatic carbocycles. The molecule has 1 aliphatic rings. The molecule has 0 spiro atoms. The van der Waals surface area contributed by atoms with E-state index in [0.29, 0.717) is 6.10 Å². The summed E-state index contributed by atoms with van der Waals surface area (Å²) in [7, 11) is 0. The van der Waals surface area contributed by atoms with Crippen molar-refractivity contribution in [3.05, 3.63) is 24.3 Å². The summed E-state index contributed by atoms with van der Waals surface area (Å²) in [6, 6.07) is 0. The Hall–Kier alpha value is -0.560. The normalized spacial score (nSPS) is 22.6. The molecule has 1 heterocycles. The van der Waals surface area contributed by atoms with Gasteiger partial charge in [-0.15, -0.1) is 0 Å². The van der Waals surface area contributed by atoms with Gasteiger partial charge in [0, 0.05) is 0 Å². The van der Waals surface area contributed by atoms with E-state index in [0.717, 1.165) is 6.61 Å². The van der Waals surface area contributed by atoms with Crippen molar-refractivity contribution in [3.8, 4) is 0 Å². The van der Waals surface area contributed by atoms with Crippen LogP contribution in [0, 0.1) is 0 Å². The molecule has 0 saturated carbocycles. The van der Waals surface area contributed by atoms with Crippen LogP contribution in [0.5, 0.6) is 0 Å². The Morgan fingerprint density at radius 3 is 3.08 bits per heavy atom. The summed E-state index contributed by atoms with van der Waals surface area (Å²) in [6.45, 7) is 3.00. The van der Waals surface area contributed by atoms with Crippen LogP contribution >= 0.6 is 0 Å². The summed E-state index contributed by atoms with van der Waals surface area (Å²) in [4.78, 5) is 0. The van der Waals surface area contributed by atoms with Crippen molar-refractivity contribution in [1.82, 2.24) is 0 Å². The quantitative estimate of drug-likeness (QED) is 0.583. The van der Waals surface area contributed by atoms with Gasteiger partial charge in [0.2, 0.25) is 0 Å². The fourth-order valence-electron chi connectivity index (χ4n) is 1.33. The first-order valence-electron chi connectivity index (χ1n) is 4.88. The van der Waals surface area contributed by atoms with Crippen LogP contribution in [-0.2, 0) is 4.74 Å². The smallest absolute Gasteiger partial charge is 0.0763 e. The standard InChI is InChI=1S/C11H18O/c1-2-3-5-8-11-9-6-4-7-10-12-11/h4,6-7,9,11H,2-3,5,8,10H2,1H3. The third kappa shape index (κ3) is 3.72. The molecule has 12 heavy (non-hydrogen) atoms. The highest BCUT2D eigenvalue weighted by molar-refractivity contribution is 5.07. The summed E-state index contributed by atoms with van der Waals surface area (Å²) >= 11 is 0. The maximum Gasteiger partial charge on any atom is 0.0763 e. The lowest BCUT2D eigenvalue weighted by Gasteiger charge is -2.10. The molecule has 0 aliphatic carbocycles. The Morgan fingerprint density at radius 1 is 1.33 bits per heavy atom. The Kier molecular flexibility index (Phi) is 4.77. The lowest BCUT2D eigenvalue weighted by atomic mass is 10.1. The molecule has 1 nitrogen and oxygen atoms in total. The number of hydrogen-bond donors (Lipinski definition) is 0. The van der Waals surface area contributed by atoms with Crippen molar-refractivity contribution >= 4 is 0 Å². The van der Waals surface area contributed by atoms with E-state index in [1.807, 2.05) is 0 Å². The molecular weight excluding hydrogens is 148 g/mol. The summed E-state index contributed by atoms with van der Waals surface area (Å²) < 4.78 is 5.58. The molecule has 1 aliphatic heterocycles. The first kappa shape index (κ1) is 9.53. The zero-order valence-corrected chi connectivity index (χ0v) is 7.83. The molecule has 0 fully saturated rings. The lowest BCUT2D eigenvalue weighted by Crippen LogP contribution is -2.08. The van der Waals surface area contributed by atoms with Crippen LogP contribution in [0.25, 0.3) is 0 Å². The molecule has 0 amide bonds. The van der Waals surface area contributed by atoms with E-state index in [1.165, 1.54) is 25.7 Å². The van der Waals surface area contributed by atoms with Gasteiger partial charge in [-0.1, -0.05) is 50.5 Å². The van der Waals surface area contributed by atoms with Crippen LogP contribution < -0.4 is 0 Å². The van der Waals surface area contributed by atoms with Gasteiger partial charge in [-0.05, 0) is 6.42 Å². The van der Waals surface area contributed by atoms with Gasteiger partial charge in [0.05, 0.1) is 12.7 Å². The van der Waals surface area contributed by atoms with Crippen LogP contribution in [0.3, 0.4) is 0 Å². The number of rotatable bonds is 4. The van der Waals surface area contributed by atoms with Crippen molar-refractivity contribution in [2.45, 2.75) is 38.7 Å². The number of ether oxygens (including phenoxy) is 1. The summed E-state index contributed by atoms with van der Waals surface area (Å²) in [5.41, 5.74) is 0. The van der Waals surface area contributed by atoms with Gasteiger partial charge >= 0.3 is 0 Å². The SMILES string of the molecule is CCCCCC1C=CC=CCO1. The average molecular weight is 166 g/mol. The maximum absolute atomic E-state index is 5.58. The van der Waals surface area contributed by atoms with Crippen molar-refractivity contribution in [2.75, 3.05) is 6.61 Å². The monoisotopic (exact) mass is 166 g/mol. The summed E-state index contributed by atoms with van der Waals surface area (Å²) in [5.74, 6) is 0. The molecule has 0 aromatic rings. The highest BCUT2D eigenvalue weighted by atomic mass is 16.5. The highest BCUT2D eigenvalue weighted by Gasteiger charge is 2.04. The molecule has 0 bridgehead atoms. The van der Waals surface area contributed by atoms with E-state index < -0.39 is 0 Å². The Bertz CT molecular complexity index is 158. The van der Waals surface area contributed by atoms with Crippen LogP contribution in [0.2, 0.25) is 0 Å².